The number of nitrogens with one attached hydrogen (secondary N) is 1. The van der Waals surface area contributed by atoms with E-state index in [0.29, 0.717) is 12.5 Å². The SMILES string of the molecule is CCCN1CCCCC(NC(=O)Cc2ccccc2)C1. The van der Waals surface area contributed by atoms with Gasteiger partial charge in [0.05, 0.1) is 6.42 Å². The molecule has 0 radical (unpaired) electrons. The molecule has 1 unspecified atom stereocenters. The first-order valence-electron chi connectivity index (χ1n) is 7.83. The van der Waals surface area contributed by atoms with Gasteiger partial charge in [-0.2, -0.15) is 0 Å². The summed E-state index contributed by atoms with van der Waals surface area (Å²) in [4.78, 5) is 14.6. The van der Waals surface area contributed by atoms with Gasteiger partial charge < -0.3 is 10.2 Å². The summed E-state index contributed by atoms with van der Waals surface area (Å²) < 4.78 is 0. The molecule has 3 nitrogen and oxygen atoms in total. The summed E-state index contributed by atoms with van der Waals surface area (Å²) in [6.07, 6.45) is 5.26. The normalized spacial score (nSPS) is 20.4. The summed E-state index contributed by atoms with van der Waals surface area (Å²) in [6.45, 7) is 5.55. The van der Waals surface area contributed by atoms with E-state index in [0.717, 1.165) is 25.1 Å². The lowest BCUT2D eigenvalue weighted by Gasteiger charge is -2.24. The maximum absolute atomic E-state index is 12.1. The van der Waals surface area contributed by atoms with Gasteiger partial charge in [0.25, 0.3) is 0 Å². The second kappa shape index (κ2) is 8.05. The van der Waals surface area contributed by atoms with Crippen LogP contribution in [-0.4, -0.2) is 36.5 Å². The summed E-state index contributed by atoms with van der Waals surface area (Å²) in [5, 5.41) is 3.22. The van der Waals surface area contributed by atoms with Gasteiger partial charge in [-0.25, -0.2) is 0 Å². The maximum atomic E-state index is 12.1. The Morgan fingerprint density at radius 3 is 2.85 bits per heavy atom. The third-order valence-corrected chi connectivity index (χ3v) is 3.87. The minimum Gasteiger partial charge on any atom is -0.352 e. The van der Waals surface area contributed by atoms with Crippen molar-refractivity contribution in [2.45, 2.75) is 45.1 Å². The first kappa shape index (κ1) is 15.0. The average molecular weight is 274 g/mol. The zero-order chi connectivity index (χ0) is 14.2. The number of amides is 1. The van der Waals surface area contributed by atoms with E-state index in [1.807, 2.05) is 30.3 Å². The number of likely N-dealkylation sites (tertiary alicyclic amines) is 1. The van der Waals surface area contributed by atoms with Gasteiger partial charge in [0.15, 0.2) is 0 Å². The lowest BCUT2D eigenvalue weighted by atomic mass is 10.1. The van der Waals surface area contributed by atoms with Crippen LogP contribution in [0.3, 0.4) is 0 Å². The van der Waals surface area contributed by atoms with Crippen LogP contribution >= 0.6 is 0 Å². The van der Waals surface area contributed by atoms with Crippen LogP contribution in [0.2, 0.25) is 0 Å². The molecule has 1 atom stereocenters. The third-order valence-electron chi connectivity index (χ3n) is 3.87. The van der Waals surface area contributed by atoms with Crippen molar-refractivity contribution in [3.63, 3.8) is 0 Å². The fraction of sp³-hybridized carbons (Fsp3) is 0.588. The number of carbonyl (C=O) groups excluding carboxylic acids is 1. The molecule has 1 saturated heterocycles. The smallest absolute Gasteiger partial charge is 0.224 e. The molecule has 0 aromatic heterocycles. The van der Waals surface area contributed by atoms with E-state index in [9.17, 15) is 4.79 Å². The zero-order valence-corrected chi connectivity index (χ0v) is 12.5. The number of nitrogens with zero attached hydrogens (tertiary/aromatic N) is 1. The molecule has 110 valence electrons. The quantitative estimate of drug-likeness (QED) is 0.895. The van der Waals surface area contributed by atoms with Crippen LogP contribution in [0.4, 0.5) is 0 Å². The minimum absolute atomic E-state index is 0.152. The highest BCUT2D eigenvalue weighted by Crippen LogP contribution is 2.11. The van der Waals surface area contributed by atoms with Gasteiger partial charge in [0.2, 0.25) is 5.91 Å². The van der Waals surface area contributed by atoms with Gasteiger partial charge in [-0.15, -0.1) is 0 Å². The molecule has 1 fully saturated rings. The summed E-state index contributed by atoms with van der Waals surface area (Å²) in [5.74, 6) is 0.152. The third kappa shape index (κ3) is 4.97. The molecule has 1 aromatic rings. The standard InChI is InChI=1S/C17H26N2O/c1-2-11-19-12-7-6-10-16(14-19)18-17(20)13-15-8-4-3-5-9-15/h3-5,8-9,16H,2,6-7,10-14H2,1H3,(H,18,20). The van der Waals surface area contributed by atoms with Gasteiger partial charge in [0.1, 0.15) is 0 Å². The molecule has 0 saturated carbocycles. The van der Waals surface area contributed by atoms with E-state index in [-0.39, 0.29) is 5.91 Å². The molecule has 0 spiro atoms. The van der Waals surface area contributed by atoms with E-state index < -0.39 is 0 Å². The first-order valence-corrected chi connectivity index (χ1v) is 7.83. The fourth-order valence-electron chi connectivity index (χ4n) is 2.92. The number of rotatable bonds is 5. The summed E-state index contributed by atoms with van der Waals surface area (Å²) in [5.41, 5.74) is 1.09. The van der Waals surface area contributed by atoms with Gasteiger partial charge >= 0.3 is 0 Å². The monoisotopic (exact) mass is 274 g/mol. The van der Waals surface area contributed by atoms with Gasteiger partial charge in [0, 0.05) is 12.6 Å². The maximum Gasteiger partial charge on any atom is 0.224 e. The molecular formula is C17H26N2O. The van der Waals surface area contributed by atoms with Crippen molar-refractivity contribution < 1.29 is 4.79 Å². The predicted octanol–water partition coefficient (Wildman–Crippen LogP) is 2.61. The molecule has 1 N–H and O–H groups in total. The second-order valence-electron chi connectivity index (χ2n) is 5.72. The second-order valence-corrected chi connectivity index (χ2v) is 5.72. The van der Waals surface area contributed by atoms with Crippen LogP contribution in [0.1, 0.15) is 38.2 Å². The Morgan fingerprint density at radius 1 is 1.30 bits per heavy atom. The van der Waals surface area contributed by atoms with Crippen molar-refractivity contribution in [2.75, 3.05) is 19.6 Å². The zero-order valence-electron chi connectivity index (χ0n) is 12.5. The van der Waals surface area contributed by atoms with Crippen LogP contribution in [-0.2, 0) is 11.2 Å². The Morgan fingerprint density at radius 2 is 2.10 bits per heavy atom. The van der Waals surface area contributed by atoms with Crippen LogP contribution in [0, 0.1) is 0 Å². The van der Waals surface area contributed by atoms with Crippen LogP contribution in [0.5, 0.6) is 0 Å². The van der Waals surface area contributed by atoms with Gasteiger partial charge in [-0.05, 0) is 37.9 Å². The summed E-state index contributed by atoms with van der Waals surface area (Å²) >= 11 is 0. The lowest BCUT2D eigenvalue weighted by Crippen LogP contribution is -2.43. The van der Waals surface area contributed by atoms with Crippen molar-refractivity contribution in [1.82, 2.24) is 10.2 Å². The van der Waals surface area contributed by atoms with Crippen LogP contribution in [0.15, 0.2) is 30.3 Å². The Hall–Kier alpha value is -1.35. The molecule has 1 aliphatic heterocycles. The van der Waals surface area contributed by atoms with Gasteiger partial charge in [-0.3, -0.25) is 4.79 Å². The Kier molecular flexibility index (Phi) is 6.06. The highest BCUT2D eigenvalue weighted by Gasteiger charge is 2.19. The largest absolute Gasteiger partial charge is 0.352 e. The molecule has 1 heterocycles. The number of carbonyl (C=O) groups is 1. The average Bonchev–Trinajstić information content (AvgIpc) is 2.65. The van der Waals surface area contributed by atoms with Crippen molar-refractivity contribution in [3.8, 4) is 0 Å². The number of hydrogen-bond donors (Lipinski definition) is 1. The minimum atomic E-state index is 0.152. The lowest BCUT2D eigenvalue weighted by molar-refractivity contribution is -0.121. The van der Waals surface area contributed by atoms with Gasteiger partial charge in [-0.1, -0.05) is 43.7 Å². The molecule has 0 aliphatic carbocycles. The Balaban J connectivity index is 1.83. The van der Waals surface area contributed by atoms with E-state index in [1.54, 1.807) is 0 Å². The summed E-state index contributed by atoms with van der Waals surface area (Å²) in [7, 11) is 0. The van der Waals surface area contributed by atoms with Crippen LogP contribution < -0.4 is 5.32 Å². The Bertz CT molecular complexity index is 405. The number of hydrogen-bond acceptors (Lipinski definition) is 2. The van der Waals surface area contributed by atoms with Crippen molar-refractivity contribution in [3.05, 3.63) is 35.9 Å². The van der Waals surface area contributed by atoms with E-state index >= 15 is 0 Å². The molecule has 20 heavy (non-hydrogen) atoms. The molecule has 3 heteroatoms. The van der Waals surface area contributed by atoms with E-state index in [1.165, 1.54) is 25.8 Å². The highest BCUT2D eigenvalue weighted by molar-refractivity contribution is 5.78. The Labute approximate surface area is 122 Å². The molecular weight excluding hydrogens is 248 g/mol. The van der Waals surface area contributed by atoms with Crippen molar-refractivity contribution in [1.29, 1.82) is 0 Å². The summed E-state index contributed by atoms with van der Waals surface area (Å²) in [6, 6.07) is 10.3. The first-order chi connectivity index (χ1) is 9.78. The molecule has 0 bridgehead atoms. The van der Waals surface area contributed by atoms with Crippen molar-refractivity contribution >= 4 is 5.91 Å². The fourth-order valence-corrected chi connectivity index (χ4v) is 2.92. The predicted molar refractivity (Wildman–Crippen MR) is 82.7 cm³/mol. The number of benzene rings is 1. The molecule has 1 aromatic carbocycles. The van der Waals surface area contributed by atoms with Crippen LogP contribution in [0.25, 0.3) is 0 Å². The molecule has 1 aliphatic rings. The topological polar surface area (TPSA) is 32.3 Å². The molecule has 2 rings (SSSR count). The van der Waals surface area contributed by atoms with Crippen molar-refractivity contribution in [2.24, 2.45) is 0 Å². The highest BCUT2D eigenvalue weighted by atomic mass is 16.1. The van der Waals surface area contributed by atoms with E-state index in [2.05, 4.69) is 17.1 Å². The van der Waals surface area contributed by atoms with E-state index in [4.69, 9.17) is 0 Å². The molecule has 1 amide bonds.